The Kier molecular flexibility index (Phi) is 6.97. The van der Waals surface area contributed by atoms with Gasteiger partial charge in [0, 0.05) is 12.1 Å². The first-order chi connectivity index (χ1) is 9.13. The number of hydrogen-bond acceptors (Lipinski definition) is 3. The average molecular weight is 265 g/mol. The molecule has 0 radical (unpaired) electrons. The molecule has 0 aliphatic rings. The summed E-state index contributed by atoms with van der Waals surface area (Å²) in [4.78, 5) is 11.8. The topological polar surface area (TPSA) is 58.6 Å². The zero-order chi connectivity index (χ0) is 14.1. The fourth-order valence-corrected chi connectivity index (χ4v) is 1.62. The minimum atomic E-state index is -0.313. The van der Waals surface area contributed by atoms with Gasteiger partial charge in [-0.05, 0) is 50.5 Å². The van der Waals surface area contributed by atoms with Gasteiger partial charge in [-0.15, -0.1) is 0 Å². The Hall–Kier alpha value is -1.55. The lowest BCUT2D eigenvalue weighted by Crippen LogP contribution is -2.24. The highest BCUT2D eigenvalue weighted by molar-refractivity contribution is 5.94. The van der Waals surface area contributed by atoms with E-state index in [2.05, 4.69) is 12.2 Å². The van der Waals surface area contributed by atoms with Gasteiger partial charge in [0.2, 0.25) is 0 Å². The summed E-state index contributed by atoms with van der Waals surface area (Å²) in [7, 11) is 0. The summed E-state index contributed by atoms with van der Waals surface area (Å²) in [5, 5.41) is 11.9. The maximum Gasteiger partial charge on any atom is 0.251 e. The predicted molar refractivity (Wildman–Crippen MR) is 75.5 cm³/mol. The monoisotopic (exact) mass is 265 g/mol. The van der Waals surface area contributed by atoms with Crippen molar-refractivity contribution in [2.24, 2.45) is 0 Å². The molecular weight excluding hydrogens is 242 g/mol. The van der Waals surface area contributed by atoms with Crippen LogP contribution in [0.3, 0.4) is 0 Å². The molecule has 0 bridgehead atoms. The molecule has 4 heteroatoms. The molecular formula is C15H23NO3. The van der Waals surface area contributed by atoms with Crippen LogP contribution in [-0.2, 0) is 0 Å². The van der Waals surface area contributed by atoms with Gasteiger partial charge >= 0.3 is 0 Å². The van der Waals surface area contributed by atoms with Crippen LogP contribution in [0, 0.1) is 0 Å². The quantitative estimate of drug-likeness (QED) is 0.709. The number of aliphatic hydroxyl groups excluding tert-OH is 1. The van der Waals surface area contributed by atoms with Crippen molar-refractivity contribution in [1.29, 1.82) is 0 Å². The van der Waals surface area contributed by atoms with Gasteiger partial charge in [0.05, 0.1) is 12.7 Å². The third kappa shape index (κ3) is 6.25. The third-order valence-corrected chi connectivity index (χ3v) is 2.67. The van der Waals surface area contributed by atoms with Crippen molar-refractivity contribution in [2.45, 2.75) is 39.2 Å². The number of ether oxygens (including phenoxy) is 1. The van der Waals surface area contributed by atoms with Gasteiger partial charge in [0.15, 0.2) is 0 Å². The summed E-state index contributed by atoms with van der Waals surface area (Å²) >= 11 is 0. The number of amides is 1. The second-order valence-electron chi connectivity index (χ2n) is 4.62. The van der Waals surface area contributed by atoms with E-state index >= 15 is 0 Å². The fourth-order valence-electron chi connectivity index (χ4n) is 1.62. The summed E-state index contributed by atoms with van der Waals surface area (Å²) in [5.41, 5.74) is 0.626. The molecule has 0 aliphatic carbocycles. The highest BCUT2D eigenvalue weighted by Gasteiger charge is 2.05. The maximum absolute atomic E-state index is 11.8. The number of carbonyl (C=O) groups is 1. The Morgan fingerprint density at radius 1 is 1.37 bits per heavy atom. The predicted octanol–water partition coefficient (Wildman–Crippen LogP) is 2.37. The van der Waals surface area contributed by atoms with Crippen molar-refractivity contribution < 1.29 is 14.6 Å². The third-order valence-electron chi connectivity index (χ3n) is 2.67. The van der Waals surface area contributed by atoms with Crippen molar-refractivity contribution in [3.63, 3.8) is 0 Å². The van der Waals surface area contributed by atoms with Crippen LogP contribution in [-0.4, -0.2) is 30.3 Å². The molecule has 1 aromatic carbocycles. The summed E-state index contributed by atoms with van der Waals surface area (Å²) < 4.78 is 5.46. The van der Waals surface area contributed by atoms with Crippen LogP contribution < -0.4 is 10.1 Å². The highest BCUT2D eigenvalue weighted by Crippen LogP contribution is 2.12. The van der Waals surface area contributed by atoms with E-state index in [1.165, 1.54) is 0 Å². The SMILES string of the molecule is CCCOc1ccc(C(=O)NCCCC(C)O)cc1. The van der Waals surface area contributed by atoms with Crippen LogP contribution in [0.4, 0.5) is 0 Å². The lowest BCUT2D eigenvalue weighted by molar-refractivity contribution is 0.0949. The first-order valence-corrected chi connectivity index (χ1v) is 6.82. The van der Waals surface area contributed by atoms with E-state index < -0.39 is 0 Å². The molecule has 1 rings (SSSR count). The Morgan fingerprint density at radius 3 is 2.63 bits per heavy atom. The summed E-state index contributed by atoms with van der Waals surface area (Å²) in [6.07, 6.45) is 2.13. The van der Waals surface area contributed by atoms with Crippen molar-refractivity contribution in [2.75, 3.05) is 13.2 Å². The van der Waals surface area contributed by atoms with Crippen LogP contribution in [0.1, 0.15) is 43.5 Å². The van der Waals surface area contributed by atoms with E-state index in [-0.39, 0.29) is 12.0 Å². The Labute approximate surface area is 114 Å². The first-order valence-electron chi connectivity index (χ1n) is 6.82. The van der Waals surface area contributed by atoms with Crippen LogP contribution in [0.2, 0.25) is 0 Å². The molecule has 0 spiro atoms. The molecule has 2 N–H and O–H groups in total. The highest BCUT2D eigenvalue weighted by atomic mass is 16.5. The molecule has 4 nitrogen and oxygen atoms in total. The molecule has 19 heavy (non-hydrogen) atoms. The minimum Gasteiger partial charge on any atom is -0.494 e. The molecule has 106 valence electrons. The number of benzene rings is 1. The van der Waals surface area contributed by atoms with Crippen LogP contribution in [0.5, 0.6) is 5.75 Å². The van der Waals surface area contributed by atoms with Gasteiger partial charge in [0.1, 0.15) is 5.75 Å². The van der Waals surface area contributed by atoms with Gasteiger partial charge in [0.25, 0.3) is 5.91 Å². The van der Waals surface area contributed by atoms with Crippen LogP contribution >= 0.6 is 0 Å². The van der Waals surface area contributed by atoms with E-state index in [1.807, 2.05) is 0 Å². The summed E-state index contributed by atoms with van der Waals surface area (Å²) in [6.45, 7) is 5.06. The number of aliphatic hydroxyl groups is 1. The smallest absolute Gasteiger partial charge is 0.251 e. The molecule has 0 saturated heterocycles. The number of rotatable bonds is 8. The van der Waals surface area contributed by atoms with E-state index in [1.54, 1.807) is 31.2 Å². The van der Waals surface area contributed by atoms with Crippen molar-refractivity contribution in [3.8, 4) is 5.75 Å². The lowest BCUT2D eigenvalue weighted by Gasteiger charge is -2.08. The Balaban J connectivity index is 2.36. The van der Waals surface area contributed by atoms with E-state index in [9.17, 15) is 4.79 Å². The molecule has 1 aromatic rings. The molecule has 0 fully saturated rings. The molecule has 0 aliphatic heterocycles. The molecule has 0 aromatic heterocycles. The van der Waals surface area contributed by atoms with Gasteiger partial charge < -0.3 is 15.2 Å². The van der Waals surface area contributed by atoms with Crippen molar-refractivity contribution in [3.05, 3.63) is 29.8 Å². The standard InChI is InChI=1S/C15H23NO3/c1-3-11-19-14-8-6-13(7-9-14)15(18)16-10-4-5-12(2)17/h6-9,12,17H,3-5,10-11H2,1-2H3,(H,16,18). The molecule has 0 saturated carbocycles. The van der Waals surface area contributed by atoms with Gasteiger partial charge in [-0.1, -0.05) is 6.92 Å². The fraction of sp³-hybridized carbons (Fsp3) is 0.533. The van der Waals surface area contributed by atoms with Gasteiger partial charge in [-0.2, -0.15) is 0 Å². The number of hydrogen-bond donors (Lipinski definition) is 2. The molecule has 1 atom stereocenters. The second kappa shape index (κ2) is 8.53. The lowest BCUT2D eigenvalue weighted by atomic mass is 10.2. The molecule has 1 amide bonds. The summed E-state index contributed by atoms with van der Waals surface area (Å²) in [5.74, 6) is 0.695. The molecule has 1 unspecified atom stereocenters. The zero-order valence-corrected chi connectivity index (χ0v) is 11.7. The number of nitrogens with one attached hydrogen (secondary N) is 1. The Morgan fingerprint density at radius 2 is 2.05 bits per heavy atom. The van der Waals surface area contributed by atoms with E-state index in [0.29, 0.717) is 25.1 Å². The molecule has 0 heterocycles. The summed E-state index contributed by atoms with van der Waals surface area (Å²) in [6, 6.07) is 7.13. The average Bonchev–Trinajstić information content (AvgIpc) is 2.41. The van der Waals surface area contributed by atoms with Crippen LogP contribution in [0.25, 0.3) is 0 Å². The zero-order valence-electron chi connectivity index (χ0n) is 11.7. The normalized spacial score (nSPS) is 11.9. The minimum absolute atomic E-state index is 0.0902. The van der Waals surface area contributed by atoms with Crippen molar-refractivity contribution in [1.82, 2.24) is 5.32 Å². The largest absolute Gasteiger partial charge is 0.494 e. The first kappa shape index (κ1) is 15.5. The van der Waals surface area contributed by atoms with Gasteiger partial charge in [-0.25, -0.2) is 0 Å². The second-order valence-corrected chi connectivity index (χ2v) is 4.62. The number of carbonyl (C=O) groups excluding carboxylic acids is 1. The van der Waals surface area contributed by atoms with Crippen molar-refractivity contribution >= 4 is 5.91 Å². The van der Waals surface area contributed by atoms with Crippen LogP contribution in [0.15, 0.2) is 24.3 Å². The maximum atomic E-state index is 11.8. The van der Waals surface area contributed by atoms with E-state index in [0.717, 1.165) is 18.6 Å². The van der Waals surface area contributed by atoms with Gasteiger partial charge in [-0.3, -0.25) is 4.79 Å². The van der Waals surface area contributed by atoms with E-state index in [4.69, 9.17) is 9.84 Å². The Bertz CT molecular complexity index is 373.